The van der Waals surface area contributed by atoms with Gasteiger partial charge in [0.15, 0.2) is 0 Å². The van der Waals surface area contributed by atoms with E-state index in [9.17, 15) is 9.59 Å². The lowest BCUT2D eigenvalue weighted by Crippen LogP contribution is -2.49. The highest BCUT2D eigenvalue weighted by Crippen LogP contribution is 2.12. The lowest BCUT2D eigenvalue weighted by Gasteiger charge is -2.35. The van der Waals surface area contributed by atoms with Gasteiger partial charge in [-0.3, -0.25) is 14.5 Å². The topological polar surface area (TPSA) is 72.9 Å². The van der Waals surface area contributed by atoms with E-state index >= 15 is 0 Å². The van der Waals surface area contributed by atoms with Gasteiger partial charge in [-0.1, -0.05) is 0 Å². The number of likely N-dealkylation sites (N-methyl/N-ethyl adjacent to an activating group) is 1. The molecule has 1 saturated heterocycles. The Kier molecular flexibility index (Phi) is 6.42. The van der Waals surface area contributed by atoms with Crippen molar-refractivity contribution in [2.45, 2.75) is 51.7 Å². The Labute approximate surface area is 121 Å². The fourth-order valence-corrected chi connectivity index (χ4v) is 2.39. The summed E-state index contributed by atoms with van der Waals surface area (Å²) in [5.41, 5.74) is 0. The van der Waals surface area contributed by atoms with Crippen LogP contribution in [-0.4, -0.2) is 71.6 Å². The van der Waals surface area contributed by atoms with Gasteiger partial charge in [0.2, 0.25) is 5.91 Å². The van der Waals surface area contributed by atoms with Gasteiger partial charge in [0.05, 0.1) is 6.54 Å². The van der Waals surface area contributed by atoms with Crippen LogP contribution in [0.4, 0.5) is 0 Å². The summed E-state index contributed by atoms with van der Waals surface area (Å²) in [6.07, 6.45) is 1.92. The predicted octanol–water partition coefficient (Wildman–Crippen LogP) is 0.380. The van der Waals surface area contributed by atoms with E-state index in [0.717, 1.165) is 25.9 Å². The summed E-state index contributed by atoms with van der Waals surface area (Å²) in [4.78, 5) is 26.7. The van der Waals surface area contributed by atoms with Crippen molar-refractivity contribution in [3.8, 4) is 0 Å². The van der Waals surface area contributed by atoms with Gasteiger partial charge in [0.25, 0.3) is 0 Å². The largest absolute Gasteiger partial charge is 0.480 e. The molecule has 0 spiro atoms. The third-order valence-electron chi connectivity index (χ3n) is 4.04. The minimum atomic E-state index is -0.912. The molecule has 1 amide bonds. The zero-order chi connectivity index (χ0) is 15.3. The quantitative estimate of drug-likeness (QED) is 0.738. The average Bonchev–Trinajstić information content (AvgIpc) is 2.37. The number of carbonyl (C=O) groups is 2. The third-order valence-corrected chi connectivity index (χ3v) is 4.04. The van der Waals surface area contributed by atoms with Crippen molar-refractivity contribution in [1.82, 2.24) is 15.1 Å². The fraction of sp³-hybridized carbons (Fsp3) is 0.857. The number of carboxylic acid groups (broad SMARTS) is 1. The number of carboxylic acids is 1. The normalized spacial score (nSPS) is 19.3. The molecule has 1 unspecified atom stereocenters. The minimum Gasteiger partial charge on any atom is -0.480 e. The molecule has 1 rings (SSSR count). The maximum Gasteiger partial charge on any atom is 0.320 e. The molecule has 1 aliphatic heterocycles. The van der Waals surface area contributed by atoms with Crippen LogP contribution in [-0.2, 0) is 9.59 Å². The molecule has 1 atom stereocenters. The number of hydrogen-bond donors (Lipinski definition) is 2. The van der Waals surface area contributed by atoms with E-state index in [-0.39, 0.29) is 18.5 Å². The van der Waals surface area contributed by atoms with Gasteiger partial charge in [-0.05, 0) is 40.7 Å². The number of rotatable bonds is 6. The summed E-state index contributed by atoms with van der Waals surface area (Å²) < 4.78 is 0. The van der Waals surface area contributed by atoms with Crippen LogP contribution in [0.5, 0.6) is 0 Å². The first kappa shape index (κ1) is 16.9. The van der Waals surface area contributed by atoms with Gasteiger partial charge >= 0.3 is 5.97 Å². The first-order valence-corrected chi connectivity index (χ1v) is 7.27. The molecule has 1 fully saturated rings. The summed E-state index contributed by atoms with van der Waals surface area (Å²) in [7, 11) is 1.65. The number of nitrogens with one attached hydrogen (secondary N) is 1. The number of amides is 1. The maximum atomic E-state index is 11.9. The molecule has 0 bridgehead atoms. The molecule has 2 N–H and O–H groups in total. The van der Waals surface area contributed by atoms with E-state index in [1.807, 2.05) is 0 Å². The average molecular weight is 285 g/mol. The highest BCUT2D eigenvalue weighted by molar-refractivity contribution is 5.80. The summed E-state index contributed by atoms with van der Waals surface area (Å²) >= 11 is 0. The zero-order valence-corrected chi connectivity index (χ0v) is 12.9. The van der Waals surface area contributed by atoms with Crippen LogP contribution in [0.15, 0.2) is 0 Å². The van der Waals surface area contributed by atoms with E-state index in [2.05, 4.69) is 24.1 Å². The van der Waals surface area contributed by atoms with Gasteiger partial charge in [0, 0.05) is 25.2 Å². The second kappa shape index (κ2) is 7.59. The zero-order valence-electron chi connectivity index (χ0n) is 12.9. The molecule has 116 valence electrons. The van der Waals surface area contributed by atoms with Gasteiger partial charge < -0.3 is 15.3 Å². The van der Waals surface area contributed by atoms with Gasteiger partial charge in [-0.15, -0.1) is 0 Å². The Bertz CT molecular complexity index is 339. The molecule has 0 aliphatic carbocycles. The summed E-state index contributed by atoms with van der Waals surface area (Å²) in [5, 5.41) is 11.9. The first-order chi connectivity index (χ1) is 9.31. The lowest BCUT2D eigenvalue weighted by molar-refractivity contribution is -0.142. The Hall–Kier alpha value is -1.14. The Morgan fingerprint density at radius 1 is 1.30 bits per heavy atom. The molecule has 6 heteroatoms. The number of carbonyl (C=O) groups excluding carboxylic acids is 1. The van der Waals surface area contributed by atoms with Crippen LogP contribution >= 0.6 is 0 Å². The fourth-order valence-electron chi connectivity index (χ4n) is 2.39. The molecular weight excluding hydrogens is 258 g/mol. The van der Waals surface area contributed by atoms with Gasteiger partial charge in [-0.25, -0.2) is 0 Å². The number of hydrogen-bond acceptors (Lipinski definition) is 4. The number of aliphatic carboxylic acids is 1. The van der Waals surface area contributed by atoms with Crippen molar-refractivity contribution in [3.63, 3.8) is 0 Å². The number of piperidine rings is 1. The van der Waals surface area contributed by atoms with Crippen molar-refractivity contribution in [2.24, 2.45) is 0 Å². The molecular formula is C14H27N3O3. The van der Waals surface area contributed by atoms with Crippen LogP contribution in [0.3, 0.4) is 0 Å². The Morgan fingerprint density at radius 2 is 1.85 bits per heavy atom. The second-order valence-electron chi connectivity index (χ2n) is 5.90. The molecule has 6 nitrogen and oxygen atoms in total. The summed E-state index contributed by atoms with van der Waals surface area (Å²) in [5.74, 6) is -1.01. The number of likely N-dealkylation sites (tertiary alicyclic amines) is 1. The van der Waals surface area contributed by atoms with Crippen molar-refractivity contribution in [3.05, 3.63) is 0 Å². The molecule has 0 radical (unpaired) electrons. The predicted molar refractivity (Wildman–Crippen MR) is 77.6 cm³/mol. The second-order valence-corrected chi connectivity index (χ2v) is 5.90. The van der Waals surface area contributed by atoms with Crippen molar-refractivity contribution < 1.29 is 14.7 Å². The van der Waals surface area contributed by atoms with Crippen molar-refractivity contribution in [1.29, 1.82) is 0 Å². The smallest absolute Gasteiger partial charge is 0.320 e. The molecule has 0 aromatic rings. The maximum absolute atomic E-state index is 11.9. The van der Waals surface area contributed by atoms with Crippen LogP contribution in [0.1, 0.15) is 33.6 Å². The van der Waals surface area contributed by atoms with Crippen LogP contribution in [0.25, 0.3) is 0 Å². The number of nitrogens with zero attached hydrogens (tertiary/aromatic N) is 2. The highest BCUT2D eigenvalue weighted by Gasteiger charge is 2.24. The van der Waals surface area contributed by atoms with E-state index in [4.69, 9.17) is 5.11 Å². The minimum absolute atomic E-state index is 0.0939. The highest BCUT2D eigenvalue weighted by atomic mass is 16.4. The van der Waals surface area contributed by atoms with E-state index in [0.29, 0.717) is 6.04 Å². The van der Waals surface area contributed by atoms with Crippen molar-refractivity contribution >= 4 is 11.9 Å². The molecule has 0 saturated carbocycles. The van der Waals surface area contributed by atoms with Gasteiger partial charge in [0.1, 0.15) is 6.04 Å². The standard InChI is InChI=1S/C14H27N3O3/c1-10(2)17-7-5-12(6-8-17)15-13(18)9-16(4)11(3)14(19)20/h10-12H,5-9H2,1-4H3,(H,15,18)(H,19,20). The van der Waals surface area contributed by atoms with E-state index < -0.39 is 12.0 Å². The lowest BCUT2D eigenvalue weighted by atomic mass is 10.0. The molecule has 1 heterocycles. The third kappa shape index (κ3) is 5.09. The molecule has 0 aromatic heterocycles. The Morgan fingerprint density at radius 3 is 2.30 bits per heavy atom. The van der Waals surface area contributed by atoms with Crippen LogP contribution in [0.2, 0.25) is 0 Å². The molecule has 0 aromatic carbocycles. The van der Waals surface area contributed by atoms with E-state index in [1.165, 1.54) is 0 Å². The van der Waals surface area contributed by atoms with E-state index in [1.54, 1.807) is 18.9 Å². The van der Waals surface area contributed by atoms with Crippen molar-refractivity contribution in [2.75, 3.05) is 26.7 Å². The molecule has 1 aliphatic rings. The SMILES string of the molecule is CC(C(=O)O)N(C)CC(=O)NC1CCN(C(C)C)CC1. The monoisotopic (exact) mass is 285 g/mol. The summed E-state index contributed by atoms with van der Waals surface area (Å²) in [6, 6.07) is 0.115. The summed E-state index contributed by atoms with van der Waals surface area (Å²) in [6.45, 7) is 8.07. The first-order valence-electron chi connectivity index (χ1n) is 7.27. The molecule has 20 heavy (non-hydrogen) atoms. The Balaban J connectivity index is 2.32. The van der Waals surface area contributed by atoms with Crippen LogP contribution < -0.4 is 5.32 Å². The van der Waals surface area contributed by atoms with Gasteiger partial charge in [-0.2, -0.15) is 0 Å². The van der Waals surface area contributed by atoms with Crippen LogP contribution in [0, 0.1) is 0 Å².